The van der Waals surface area contributed by atoms with Crippen LogP contribution in [-0.2, 0) is 0 Å². The third-order valence-corrected chi connectivity index (χ3v) is 5.08. The van der Waals surface area contributed by atoms with E-state index in [0.29, 0.717) is 5.02 Å². The Bertz CT molecular complexity index is 646. The second kappa shape index (κ2) is 7.93. The second-order valence-electron chi connectivity index (χ2n) is 6.27. The molecule has 3 rings (SSSR count). The predicted molar refractivity (Wildman–Crippen MR) is 97.2 cm³/mol. The first-order valence-electron chi connectivity index (χ1n) is 8.67. The molecule has 1 aliphatic rings. The summed E-state index contributed by atoms with van der Waals surface area (Å²) in [5.74, 6) is 0. The maximum atomic E-state index is 6.19. The van der Waals surface area contributed by atoms with E-state index in [1.165, 1.54) is 38.8 Å². The molecule has 4 nitrogen and oxygen atoms in total. The Balaban J connectivity index is 1.56. The third-order valence-electron chi connectivity index (χ3n) is 4.78. The lowest BCUT2D eigenvalue weighted by Gasteiger charge is -2.35. The van der Waals surface area contributed by atoms with Gasteiger partial charge in [-0.15, -0.1) is 5.10 Å². The van der Waals surface area contributed by atoms with E-state index < -0.39 is 0 Å². The zero-order valence-corrected chi connectivity index (χ0v) is 14.5. The molecule has 1 unspecified atom stereocenters. The summed E-state index contributed by atoms with van der Waals surface area (Å²) in [6, 6.07) is 6.63. The second-order valence-corrected chi connectivity index (χ2v) is 6.68. The molecule has 2 heterocycles. The van der Waals surface area contributed by atoms with Crippen molar-refractivity contribution in [2.75, 3.05) is 25.0 Å². The molecule has 1 atom stereocenters. The van der Waals surface area contributed by atoms with E-state index in [-0.39, 0.29) is 0 Å². The summed E-state index contributed by atoms with van der Waals surface area (Å²) in [6.07, 6.45) is 8.30. The molecule has 1 saturated heterocycles. The fourth-order valence-electron chi connectivity index (χ4n) is 3.51. The van der Waals surface area contributed by atoms with Gasteiger partial charge in [0.05, 0.1) is 16.9 Å². The molecule has 0 amide bonds. The molecule has 23 heavy (non-hydrogen) atoms. The molecule has 0 aliphatic carbocycles. The van der Waals surface area contributed by atoms with Gasteiger partial charge >= 0.3 is 0 Å². The minimum Gasteiger partial charge on any atom is -0.383 e. The lowest BCUT2D eigenvalue weighted by Crippen LogP contribution is -2.40. The molecule has 1 fully saturated rings. The highest BCUT2D eigenvalue weighted by Gasteiger charge is 2.19. The van der Waals surface area contributed by atoms with Gasteiger partial charge in [0.2, 0.25) is 0 Å². The lowest BCUT2D eigenvalue weighted by atomic mass is 10.00. The Morgan fingerprint density at radius 1 is 1.35 bits per heavy atom. The van der Waals surface area contributed by atoms with Gasteiger partial charge in [0.15, 0.2) is 0 Å². The maximum Gasteiger partial charge on any atom is 0.114 e. The predicted octanol–water partition coefficient (Wildman–Crippen LogP) is 4.35. The minimum atomic E-state index is 0.651. The summed E-state index contributed by atoms with van der Waals surface area (Å²) in [6.45, 7) is 5.68. The van der Waals surface area contributed by atoms with Gasteiger partial charge in [-0.25, -0.2) is 0 Å². The van der Waals surface area contributed by atoms with E-state index in [4.69, 9.17) is 11.6 Å². The van der Waals surface area contributed by atoms with Crippen LogP contribution in [0, 0.1) is 0 Å². The zero-order chi connectivity index (χ0) is 16.1. The van der Waals surface area contributed by atoms with Crippen molar-refractivity contribution in [2.45, 2.75) is 45.1 Å². The van der Waals surface area contributed by atoms with Crippen LogP contribution in [-0.4, -0.2) is 40.8 Å². The van der Waals surface area contributed by atoms with Crippen LogP contribution in [0.4, 0.5) is 5.69 Å². The number of rotatable bonds is 6. The highest BCUT2D eigenvalue weighted by atomic mass is 35.5. The fraction of sp³-hybridized carbons (Fsp3) is 0.556. The number of hydrogen-bond acceptors (Lipinski definition) is 4. The number of fused-ring (bicyclic) bond motifs is 1. The molecule has 0 spiro atoms. The SMILES string of the molecule is CCC1CCCCN1CCCNc1cnnc2c(Cl)cccc12. The summed E-state index contributed by atoms with van der Waals surface area (Å²) in [5.41, 5.74) is 1.78. The van der Waals surface area contributed by atoms with Crippen molar-refractivity contribution in [1.29, 1.82) is 0 Å². The van der Waals surface area contributed by atoms with Crippen molar-refractivity contribution >= 4 is 28.2 Å². The number of halogens is 1. The van der Waals surface area contributed by atoms with Gasteiger partial charge in [0, 0.05) is 24.5 Å². The molecular weight excluding hydrogens is 308 g/mol. The Morgan fingerprint density at radius 2 is 2.26 bits per heavy atom. The van der Waals surface area contributed by atoms with Crippen LogP contribution in [0.25, 0.3) is 10.9 Å². The zero-order valence-electron chi connectivity index (χ0n) is 13.8. The van der Waals surface area contributed by atoms with E-state index in [1.807, 2.05) is 18.2 Å². The maximum absolute atomic E-state index is 6.19. The molecule has 5 heteroatoms. The number of hydrogen-bond donors (Lipinski definition) is 1. The summed E-state index contributed by atoms with van der Waals surface area (Å²) in [7, 11) is 0. The van der Waals surface area contributed by atoms with Crippen LogP contribution in [0.15, 0.2) is 24.4 Å². The number of piperidine rings is 1. The number of anilines is 1. The molecule has 1 N–H and O–H groups in total. The fourth-order valence-corrected chi connectivity index (χ4v) is 3.72. The molecule has 2 aromatic rings. The first kappa shape index (κ1) is 16.5. The van der Waals surface area contributed by atoms with Crippen LogP contribution in [0.1, 0.15) is 39.0 Å². The Kier molecular flexibility index (Phi) is 5.68. The molecule has 1 aliphatic heterocycles. The largest absolute Gasteiger partial charge is 0.383 e. The highest BCUT2D eigenvalue weighted by molar-refractivity contribution is 6.35. The van der Waals surface area contributed by atoms with E-state index in [2.05, 4.69) is 27.3 Å². The van der Waals surface area contributed by atoms with Gasteiger partial charge in [-0.3, -0.25) is 0 Å². The first-order chi connectivity index (χ1) is 11.3. The highest BCUT2D eigenvalue weighted by Crippen LogP contribution is 2.26. The molecule has 1 aromatic heterocycles. The Labute approximate surface area is 143 Å². The average Bonchev–Trinajstić information content (AvgIpc) is 2.59. The molecule has 0 bridgehead atoms. The Hall–Kier alpha value is -1.39. The van der Waals surface area contributed by atoms with E-state index in [1.54, 1.807) is 6.20 Å². The van der Waals surface area contributed by atoms with Crippen LogP contribution >= 0.6 is 11.6 Å². The lowest BCUT2D eigenvalue weighted by molar-refractivity contribution is 0.144. The van der Waals surface area contributed by atoms with Gasteiger partial charge in [-0.05, 0) is 38.3 Å². The summed E-state index contributed by atoms with van der Waals surface area (Å²) < 4.78 is 0. The first-order valence-corrected chi connectivity index (χ1v) is 9.05. The molecule has 0 radical (unpaired) electrons. The van der Waals surface area contributed by atoms with Crippen LogP contribution in [0.5, 0.6) is 0 Å². The van der Waals surface area contributed by atoms with Crippen molar-refractivity contribution in [3.05, 3.63) is 29.4 Å². The van der Waals surface area contributed by atoms with E-state index in [9.17, 15) is 0 Å². The van der Waals surface area contributed by atoms with Crippen molar-refractivity contribution in [2.24, 2.45) is 0 Å². The van der Waals surface area contributed by atoms with Crippen LogP contribution in [0.2, 0.25) is 5.02 Å². The molecular formula is C18H25ClN4. The number of benzene rings is 1. The van der Waals surface area contributed by atoms with Crippen molar-refractivity contribution in [1.82, 2.24) is 15.1 Å². The average molecular weight is 333 g/mol. The minimum absolute atomic E-state index is 0.651. The number of nitrogens with one attached hydrogen (secondary N) is 1. The van der Waals surface area contributed by atoms with Gasteiger partial charge < -0.3 is 10.2 Å². The summed E-state index contributed by atoms with van der Waals surface area (Å²) >= 11 is 6.19. The standard InChI is InChI=1S/C18H25ClN4/c1-2-14-7-3-4-11-23(14)12-6-10-20-17-13-21-22-18-15(17)8-5-9-16(18)19/h5,8-9,13-14H,2-4,6-7,10-12H2,1H3,(H,20,22). The summed E-state index contributed by atoms with van der Waals surface area (Å²) in [4.78, 5) is 2.66. The smallest absolute Gasteiger partial charge is 0.114 e. The van der Waals surface area contributed by atoms with Crippen LogP contribution < -0.4 is 5.32 Å². The van der Waals surface area contributed by atoms with E-state index in [0.717, 1.165) is 35.6 Å². The number of likely N-dealkylation sites (tertiary alicyclic amines) is 1. The monoisotopic (exact) mass is 332 g/mol. The summed E-state index contributed by atoms with van der Waals surface area (Å²) in [5, 5.41) is 13.4. The van der Waals surface area contributed by atoms with Gasteiger partial charge in [0.1, 0.15) is 5.52 Å². The molecule has 0 saturated carbocycles. The topological polar surface area (TPSA) is 41.0 Å². The number of aromatic nitrogens is 2. The van der Waals surface area contributed by atoms with Gasteiger partial charge in [-0.1, -0.05) is 37.1 Å². The molecule has 124 valence electrons. The molecule has 1 aromatic carbocycles. The van der Waals surface area contributed by atoms with Crippen molar-refractivity contribution in [3.8, 4) is 0 Å². The Morgan fingerprint density at radius 3 is 3.13 bits per heavy atom. The van der Waals surface area contributed by atoms with Gasteiger partial charge in [-0.2, -0.15) is 5.10 Å². The van der Waals surface area contributed by atoms with Crippen molar-refractivity contribution in [3.63, 3.8) is 0 Å². The third kappa shape index (κ3) is 3.93. The van der Waals surface area contributed by atoms with E-state index >= 15 is 0 Å². The quantitative estimate of drug-likeness (QED) is 0.798. The normalized spacial score (nSPS) is 19.1. The van der Waals surface area contributed by atoms with Crippen LogP contribution in [0.3, 0.4) is 0 Å². The number of nitrogens with zero attached hydrogens (tertiary/aromatic N) is 3. The van der Waals surface area contributed by atoms with Gasteiger partial charge in [0.25, 0.3) is 0 Å². The van der Waals surface area contributed by atoms with Crippen molar-refractivity contribution < 1.29 is 0 Å².